The summed E-state index contributed by atoms with van der Waals surface area (Å²) < 4.78 is 36.3. The van der Waals surface area contributed by atoms with Gasteiger partial charge in [0.15, 0.2) is 0 Å². The Bertz CT molecular complexity index is 1010. The molecule has 3 rings (SSSR count). The second-order valence-electron chi connectivity index (χ2n) is 8.63. The van der Waals surface area contributed by atoms with Crippen molar-refractivity contribution in [2.45, 2.75) is 51.2 Å². The lowest BCUT2D eigenvalue weighted by Crippen LogP contribution is -2.43. The van der Waals surface area contributed by atoms with Crippen LogP contribution in [0.25, 0.3) is 0 Å². The van der Waals surface area contributed by atoms with E-state index in [-0.39, 0.29) is 11.8 Å². The molecular weight excluding hydrogens is 418 g/mol. The van der Waals surface area contributed by atoms with Crippen LogP contribution in [0.1, 0.15) is 61.9 Å². The molecule has 2 amide bonds. The summed E-state index contributed by atoms with van der Waals surface area (Å²) >= 11 is 0. The van der Waals surface area contributed by atoms with Crippen LogP contribution in [0.2, 0.25) is 0 Å². The summed E-state index contributed by atoms with van der Waals surface area (Å²) in [6.07, 6.45) is 5.54. The first kappa shape index (κ1) is 23.3. The zero-order valence-corrected chi connectivity index (χ0v) is 19.7. The molecule has 0 radical (unpaired) electrons. The summed E-state index contributed by atoms with van der Waals surface area (Å²) in [6, 6.07) is 0.966. The van der Waals surface area contributed by atoms with Crippen LogP contribution in [0.15, 0.2) is 22.9 Å². The molecule has 1 aliphatic heterocycles. The Balaban J connectivity index is 1.82. The van der Waals surface area contributed by atoms with Gasteiger partial charge in [-0.15, -0.1) is 0 Å². The summed E-state index contributed by atoms with van der Waals surface area (Å²) in [7, 11) is -0.276. The van der Waals surface area contributed by atoms with E-state index in [2.05, 4.69) is 20.0 Å². The quantitative estimate of drug-likeness (QED) is 0.669. The number of sulfonamides is 1. The summed E-state index contributed by atoms with van der Waals surface area (Å²) in [5.74, 6) is 1.38. The van der Waals surface area contributed by atoms with E-state index in [0.29, 0.717) is 30.0 Å². The molecule has 1 fully saturated rings. The van der Waals surface area contributed by atoms with Crippen LogP contribution < -0.4 is 10.0 Å². The number of aryl methyl sites for hydroxylation is 2. The van der Waals surface area contributed by atoms with Gasteiger partial charge in [0.05, 0.1) is 11.9 Å². The van der Waals surface area contributed by atoms with Gasteiger partial charge in [-0.2, -0.15) is 5.10 Å². The minimum absolute atomic E-state index is 0.138. The topological polar surface area (TPSA) is 109 Å². The Labute approximate surface area is 184 Å². The number of nitrogens with one attached hydrogen (secondary N) is 2. The van der Waals surface area contributed by atoms with E-state index in [1.807, 2.05) is 27.8 Å². The molecular formula is C21H33N5O4S. The fourth-order valence-corrected chi connectivity index (χ4v) is 5.83. The molecule has 2 N–H and O–H groups in total. The molecule has 2 unspecified atom stereocenters. The number of likely N-dealkylation sites (tertiary alicyclic amines) is 1. The first-order chi connectivity index (χ1) is 14.6. The number of piperidine rings is 1. The monoisotopic (exact) mass is 451 g/mol. The van der Waals surface area contributed by atoms with Crippen molar-refractivity contribution in [3.8, 4) is 0 Å². The van der Waals surface area contributed by atoms with Crippen molar-refractivity contribution < 1.29 is 17.6 Å². The Morgan fingerprint density at radius 2 is 2.10 bits per heavy atom. The van der Waals surface area contributed by atoms with E-state index in [1.165, 1.54) is 0 Å². The third-order valence-electron chi connectivity index (χ3n) is 5.68. The van der Waals surface area contributed by atoms with Crippen LogP contribution >= 0.6 is 0 Å². The molecule has 2 aromatic heterocycles. The van der Waals surface area contributed by atoms with Gasteiger partial charge in [-0.05, 0) is 32.4 Å². The Hall–Kier alpha value is -2.33. The van der Waals surface area contributed by atoms with Gasteiger partial charge in [-0.25, -0.2) is 17.9 Å². The van der Waals surface area contributed by atoms with Gasteiger partial charge in [0.1, 0.15) is 16.8 Å². The summed E-state index contributed by atoms with van der Waals surface area (Å²) in [5, 5.41) is 5.95. The highest BCUT2D eigenvalue weighted by molar-refractivity contribution is 7.90. The highest BCUT2D eigenvalue weighted by atomic mass is 32.2. The van der Waals surface area contributed by atoms with Gasteiger partial charge < -0.3 is 14.6 Å². The van der Waals surface area contributed by atoms with Crippen molar-refractivity contribution in [1.82, 2.24) is 19.4 Å². The fraction of sp³-hybridized carbons (Fsp3) is 0.619. The molecule has 3 heterocycles. The van der Waals surface area contributed by atoms with E-state index in [1.54, 1.807) is 30.2 Å². The lowest BCUT2D eigenvalue weighted by atomic mass is 9.92. The van der Waals surface area contributed by atoms with Crippen LogP contribution in [0.3, 0.4) is 0 Å². The molecule has 1 aliphatic rings. The maximum Gasteiger partial charge on any atom is 0.332 e. The van der Waals surface area contributed by atoms with Gasteiger partial charge in [-0.3, -0.25) is 4.68 Å². The van der Waals surface area contributed by atoms with Crippen LogP contribution in [0.4, 0.5) is 10.5 Å². The molecule has 31 heavy (non-hydrogen) atoms. The number of carbonyl (C=O) groups excluding carboxylic acids is 1. The zero-order valence-electron chi connectivity index (χ0n) is 18.9. The number of amides is 2. The van der Waals surface area contributed by atoms with Crippen molar-refractivity contribution in [2.24, 2.45) is 13.0 Å². The Kier molecular flexibility index (Phi) is 7.10. The van der Waals surface area contributed by atoms with E-state index in [9.17, 15) is 13.2 Å². The Morgan fingerprint density at radius 1 is 1.35 bits per heavy atom. The van der Waals surface area contributed by atoms with Gasteiger partial charge in [0.2, 0.25) is 10.0 Å². The van der Waals surface area contributed by atoms with E-state index < -0.39 is 21.3 Å². The maximum atomic E-state index is 13.4. The number of aromatic nitrogens is 2. The highest BCUT2D eigenvalue weighted by Gasteiger charge is 2.38. The summed E-state index contributed by atoms with van der Waals surface area (Å²) in [5.41, 5.74) is 1.08. The molecule has 0 saturated carbocycles. The molecule has 0 bridgehead atoms. The van der Waals surface area contributed by atoms with Gasteiger partial charge >= 0.3 is 6.03 Å². The van der Waals surface area contributed by atoms with E-state index >= 15 is 0 Å². The summed E-state index contributed by atoms with van der Waals surface area (Å²) in [4.78, 5) is 14.8. The van der Waals surface area contributed by atoms with Crippen molar-refractivity contribution >= 4 is 21.7 Å². The standard InChI is InChI=1S/C21H33N5O4S/c1-6-18-17(10-19(30-18)14(2)3)23-21(27)24-31(28,29)20(16-11-22-26(5)13-16)15-8-7-9-25(4)12-15/h10-11,13-15,20H,6-9,12H2,1-5H3,(H2,23,24,27). The minimum Gasteiger partial charge on any atom is -0.464 e. The predicted molar refractivity (Wildman–Crippen MR) is 119 cm³/mol. The average Bonchev–Trinajstić information content (AvgIpc) is 3.27. The molecule has 2 atom stereocenters. The number of urea groups is 1. The van der Waals surface area contributed by atoms with Gasteiger partial charge in [0, 0.05) is 43.8 Å². The van der Waals surface area contributed by atoms with Gasteiger partial charge in [0.25, 0.3) is 0 Å². The van der Waals surface area contributed by atoms with E-state index in [0.717, 1.165) is 25.1 Å². The van der Waals surface area contributed by atoms with Crippen LogP contribution in [0, 0.1) is 5.92 Å². The number of rotatable bonds is 7. The normalized spacial score (nSPS) is 18.8. The van der Waals surface area contributed by atoms with E-state index in [4.69, 9.17) is 4.42 Å². The predicted octanol–water partition coefficient (Wildman–Crippen LogP) is 3.23. The molecule has 1 saturated heterocycles. The highest BCUT2D eigenvalue weighted by Crippen LogP contribution is 2.35. The molecule has 10 heteroatoms. The first-order valence-electron chi connectivity index (χ1n) is 10.7. The van der Waals surface area contributed by atoms with Crippen LogP contribution in [0.5, 0.6) is 0 Å². The van der Waals surface area contributed by atoms with Crippen molar-refractivity contribution in [1.29, 1.82) is 0 Å². The summed E-state index contributed by atoms with van der Waals surface area (Å²) in [6.45, 7) is 7.48. The molecule has 2 aromatic rings. The van der Waals surface area contributed by atoms with Gasteiger partial charge in [-0.1, -0.05) is 20.8 Å². The number of carbonyl (C=O) groups is 1. The number of hydrogen-bond donors (Lipinski definition) is 2. The third kappa shape index (κ3) is 5.48. The largest absolute Gasteiger partial charge is 0.464 e. The fourth-order valence-electron chi connectivity index (χ4n) is 4.19. The SMILES string of the molecule is CCc1oc(C(C)C)cc1NC(=O)NS(=O)(=O)C(c1cnn(C)c1)C1CCCN(C)C1. The Morgan fingerprint density at radius 3 is 2.68 bits per heavy atom. The van der Waals surface area contributed by atoms with Crippen molar-refractivity contribution in [3.63, 3.8) is 0 Å². The first-order valence-corrected chi connectivity index (χ1v) is 12.3. The molecule has 0 spiro atoms. The molecule has 9 nitrogen and oxygen atoms in total. The van der Waals surface area contributed by atoms with Crippen LogP contribution in [-0.4, -0.2) is 49.3 Å². The second kappa shape index (κ2) is 9.44. The van der Waals surface area contributed by atoms with Crippen molar-refractivity contribution in [2.75, 3.05) is 25.5 Å². The molecule has 0 aromatic carbocycles. The minimum atomic E-state index is -4.01. The average molecular weight is 452 g/mol. The number of furan rings is 1. The molecule has 0 aliphatic carbocycles. The zero-order chi connectivity index (χ0) is 22.8. The number of nitrogens with zero attached hydrogens (tertiary/aromatic N) is 3. The maximum absolute atomic E-state index is 13.4. The second-order valence-corrected chi connectivity index (χ2v) is 10.4. The lowest BCUT2D eigenvalue weighted by molar-refractivity contribution is 0.204. The smallest absolute Gasteiger partial charge is 0.332 e. The number of hydrogen-bond acceptors (Lipinski definition) is 6. The van der Waals surface area contributed by atoms with Crippen LogP contribution in [-0.2, 0) is 23.5 Å². The number of anilines is 1. The molecule has 172 valence electrons. The van der Waals surface area contributed by atoms with Crippen molar-refractivity contribution in [3.05, 3.63) is 35.5 Å². The lowest BCUT2D eigenvalue weighted by Gasteiger charge is -2.34. The third-order valence-corrected chi connectivity index (χ3v) is 7.47.